The van der Waals surface area contributed by atoms with Crippen molar-refractivity contribution >= 4 is 34.1 Å². The lowest BCUT2D eigenvalue weighted by atomic mass is 10.1. The van der Waals surface area contributed by atoms with E-state index in [1.807, 2.05) is 68.7 Å². The van der Waals surface area contributed by atoms with E-state index in [-0.39, 0.29) is 12.6 Å². The van der Waals surface area contributed by atoms with Crippen molar-refractivity contribution in [1.29, 1.82) is 0 Å². The van der Waals surface area contributed by atoms with E-state index in [1.54, 1.807) is 13.2 Å². The maximum atomic E-state index is 13.9. The van der Waals surface area contributed by atoms with Crippen molar-refractivity contribution in [2.45, 2.75) is 65.3 Å². The number of piperidine rings is 1. The molecule has 1 fully saturated rings. The largest absolute Gasteiger partial charge is 0.444 e. The summed E-state index contributed by atoms with van der Waals surface area (Å²) < 4.78 is 9.84. The molecule has 1 N–H and O–H groups in total. The molecule has 5 rings (SSSR count). The lowest BCUT2D eigenvalue weighted by molar-refractivity contribution is 0.0499. The fraction of sp³-hybridized carbons (Fsp3) is 0.448. The quantitative estimate of drug-likeness (QED) is 0.357. The van der Waals surface area contributed by atoms with Crippen LogP contribution in [0, 0.1) is 0 Å². The Morgan fingerprint density at radius 1 is 1.17 bits per heavy atom. The van der Waals surface area contributed by atoms with E-state index in [0.717, 1.165) is 28.3 Å². The topological polar surface area (TPSA) is 129 Å². The summed E-state index contributed by atoms with van der Waals surface area (Å²) >= 11 is 0. The maximum Gasteiger partial charge on any atom is 0.407 e. The molecule has 1 amide bonds. The number of fused-ring (bicyclic) bond motifs is 2. The average Bonchev–Trinajstić information content (AvgIpc) is 3.32. The number of nitrogens with zero attached hydrogens (tertiary/aromatic N) is 7. The number of aromatic nitrogens is 6. The molecule has 12 nitrogen and oxygen atoms in total. The predicted molar refractivity (Wildman–Crippen MR) is 157 cm³/mol. The van der Waals surface area contributed by atoms with Crippen LogP contribution in [0.15, 0.2) is 52.2 Å². The van der Waals surface area contributed by atoms with Crippen LogP contribution < -0.4 is 21.5 Å². The zero-order valence-corrected chi connectivity index (χ0v) is 24.1. The number of aryl methyl sites for hydroxylation is 1. The molecular weight excluding hydrogens is 524 g/mol. The van der Waals surface area contributed by atoms with Gasteiger partial charge in [0.15, 0.2) is 11.2 Å². The highest BCUT2D eigenvalue weighted by molar-refractivity contribution is 5.77. The number of anilines is 1. The van der Waals surface area contributed by atoms with Crippen LogP contribution in [0.1, 0.15) is 46.4 Å². The normalized spacial score (nSPS) is 16.1. The summed E-state index contributed by atoms with van der Waals surface area (Å²) in [7, 11) is 1.61. The van der Waals surface area contributed by atoms with Crippen molar-refractivity contribution in [3.63, 3.8) is 0 Å². The Bertz CT molecular complexity index is 1740. The van der Waals surface area contributed by atoms with Crippen LogP contribution in [0.3, 0.4) is 0 Å². The number of allylic oxidation sites excluding steroid dienone is 2. The predicted octanol–water partition coefficient (Wildman–Crippen LogP) is 2.96. The summed E-state index contributed by atoms with van der Waals surface area (Å²) in [5, 5.41) is 3.84. The molecule has 1 aliphatic heterocycles. The fourth-order valence-corrected chi connectivity index (χ4v) is 5.10. The van der Waals surface area contributed by atoms with Gasteiger partial charge >= 0.3 is 11.8 Å². The SMILES string of the molecule is C/C=C/Cn1c(N2CCC[C@H](NC(=O)OC(C)(C)C)C2)nc2c1c(=O)n(Cc1ncc3ccccc3n1)c(=O)n2C. The van der Waals surface area contributed by atoms with Gasteiger partial charge in [-0.15, -0.1) is 0 Å². The lowest BCUT2D eigenvalue weighted by Crippen LogP contribution is -2.49. The van der Waals surface area contributed by atoms with Crippen molar-refractivity contribution in [2.24, 2.45) is 7.05 Å². The van der Waals surface area contributed by atoms with E-state index in [9.17, 15) is 14.4 Å². The third-order valence-corrected chi connectivity index (χ3v) is 7.00. The van der Waals surface area contributed by atoms with Gasteiger partial charge in [-0.25, -0.2) is 19.6 Å². The Kier molecular flexibility index (Phi) is 7.65. The third kappa shape index (κ3) is 5.86. The average molecular weight is 561 g/mol. The number of amides is 1. The molecule has 0 unspecified atom stereocenters. The van der Waals surface area contributed by atoms with Gasteiger partial charge in [-0.3, -0.25) is 13.9 Å². The lowest BCUT2D eigenvalue weighted by Gasteiger charge is -2.34. The molecule has 4 aromatic rings. The number of imidazole rings is 1. The highest BCUT2D eigenvalue weighted by Gasteiger charge is 2.29. The van der Waals surface area contributed by atoms with Gasteiger partial charge in [-0.05, 0) is 46.6 Å². The second-order valence-electron chi connectivity index (χ2n) is 11.3. The number of carbonyl (C=O) groups excluding carboxylic acids is 1. The van der Waals surface area contributed by atoms with Crippen LogP contribution >= 0.6 is 0 Å². The molecule has 1 saturated heterocycles. The standard InChI is InChI=1S/C29H36N8O4/c1-6-7-15-36-23-24(33-26(36)35-14-10-12-20(17-35)31-27(39)41-29(2,3)4)34(5)28(40)37(25(23)38)18-22-30-16-19-11-8-9-13-21(19)32-22/h6-9,11,13,16,20H,10,12,14-15,17-18H2,1-5H3,(H,31,39)/b7-6+/t20-/m0/s1. The Morgan fingerprint density at radius 3 is 2.71 bits per heavy atom. The molecule has 12 heteroatoms. The zero-order valence-electron chi connectivity index (χ0n) is 24.1. The second kappa shape index (κ2) is 11.2. The summed E-state index contributed by atoms with van der Waals surface area (Å²) in [4.78, 5) is 55.6. The first-order valence-corrected chi connectivity index (χ1v) is 13.8. The molecule has 0 bridgehead atoms. The van der Waals surface area contributed by atoms with Gasteiger partial charge < -0.3 is 19.5 Å². The van der Waals surface area contributed by atoms with Gasteiger partial charge in [0.2, 0.25) is 5.95 Å². The molecule has 1 atom stereocenters. The van der Waals surface area contributed by atoms with Crippen LogP contribution in [-0.4, -0.2) is 59.5 Å². The van der Waals surface area contributed by atoms with Crippen molar-refractivity contribution in [3.05, 3.63) is 69.3 Å². The van der Waals surface area contributed by atoms with E-state index in [0.29, 0.717) is 42.6 Å². The maximum absolute atomic E-state index is 13.9. The molecule has 0 spiro atoms. The zero-order chi connectivity index (χ0) is 29.3. The number of hydrogen-bond donors (Lipinski definition) is 1. The summed E-state index contributed by atoms with van der Waals surface area (Å²) in [6, 6.07) is 7.41. The number of ether oxygens (including phenoxy) is 1. The molecule has 0 radical (unpaired) electrons. The summed E-state index contributed by atoms with van der Waals surface area (Å²) in [6.45, 7) is 8.90. The summed E-state index contributed by atoms with van der Waals surface area (Å²) in [5.41, 5.74) is -0.182. The van der Waals surface area contributed by atoms with Crippen molar-refractivity contribution in [1.82, 2.24) is 34.0 Å². The van der Waals surface area contributed by atoms with Crippen LogP contribution in [0.4, 0.5) is 10.7 Å². The number of para-hydroxylation sites is 1. The van der Waals surface area contributed by atoms with Crippen LogP contribution in [0.25, 0.3) is 22.1 Å². The molecule has 0 saturated carbocycles. The van der Waals surface area contributed by atoms with Crippen molar-refractivity contribution in [2.75, 3.05) is 18.0 Å². The number of alkyl carbamates (subject to hydrolysis) is 1. The van der Waals surface area contributed by atoms with E-state index < -0.39 is 22.9 Å². The molecular formula is C29H36N8O4. The number of hydrogen-bond acceptors (Lipinski definition) is 8. The molecule has 216 valence electrons. The van der Waals surface area contributed by atoms with Gasteiger partial charge in [-0.2, -0.15) is 4.98 Å². The summed E-state index contributed by atoms with van der Waals surface area (Å²) in [6.07, 6.45) is 6.68. The highest BCUT2D eigenvalue weighted by Crippen LogP contribution is 2.24. The first-order chi connectivity index (χ1) is 19.6. The van der Waals surface area contributed by atoms with Gasteiger partial charge in [-0.1, -0.05) is 30.4 Å². The Hall–Kier alpha value is -4.48. The number of rotatable bonds is 6. The Morgan fingerprint density at radius 2 is 1.95 bits per heavy atom. The second-order valence-corrected chi connectivity index (χ2v) is 11.3. The van der Waals surface area contributed by atoms with Crippen LogP contribution in [0.5, 0.6) is 0 Å². The Labute approximate surface area is 237 Å². The minimum atomic E-state index is -0.596. The minimum absolute atomic E-state index is 0.0675. The molecule has 0 aliphatic carbocycles. The van der Waals surface area contributed by atoms with E-state index in [1.165, 1.54) is 4.57 Å². The number of carbonyl (C=O) groups is 1. The molecule has 1 aliphatic rings. The van der Waals surface area contributed by atoms with Crippen molar-refractivity contribution < 1.29 is 9.53 Å². The van der Waals surface area contributed by atoms with E-state index in [4.69, 9.17) is 9.72 Å². The third-order valence-electron chi connectivity index (χ3n) is 7.00. The first-order valence-electron chi connectivity index (χ1n) is 13.8. The van der Waals surface area contributed by atoms with E-state index >= 15 is 0 Å². The number of nitrogens with one attached hydrogen (secondary N) is 1. The molecule has 3 aromatic heterocycles. The van der Waals surface area contributed by atoms with Gasteiger partial charge in [0, 0.05) is 44.3 Å². The smallest absolute Gasteiger partial charge is 0.407 e. The molecule has 41 heavy (non-hydrogen) atoms. The van der Waals surface area contributed by atoms with Gasteiger partial charge in [0.1, 0.15) is 11.4 Å². The highest BCUT2D eigenvalue weighted by atomic mass is 16.6. The van der Waals surface area contributed by atoms with Gasteiger partial charge in [0.25, 0.3) is 5.56 Å². The van der Waals surface area contributed by atoms with E-state index in [2.05, 4.69) is 20.2 Å². The summed E-state index contributed by atoms with van der Waals surface area (Å²) in [5.74, 6) is 0.940. The van der Waals surface area contributed by atoms with Crippen LogP contribution in [0.2, 0.25) is 0 Å². The number of benzene rings is 1. The first kappa shape index (κ1) is 28.1. The Balaban J connectivity index is 1.53. The monoisotopic (exact) mass is 560 g/mol. The van der Waals surface area contributed by atoms with Crippen molar-refractivity contribution in [3.8, 4) is 0 Å². The van der Waals surface area contributed by atoms with Gasteiger partial charge in [0.05, 0.1) is 12.1 Å². The fourth-order valence-electron chi connectivity index (χ4n) is 5.10. The van der Waals surface area contributed by atoms with Crippen LogP contribution in [-0.2, 0) is 24.9 Å². The molecule has 1 aromatic carbocycles. The molecule has 4 heterocycles. The minimum Gasteiger partial charge on any atom is -0.444 e.